The number of nitrogens with one attached hydrogen (secondary N) is 1. The van der Waals surface area contributed by atoms with Gasteiger partial charge in [0.15, 0.2) is 5.94 Å². The van der Waals surface area contributed by atoms with Crippen LogP contribution in [-0.4, -0.2) is 27.8 Å². The van der Waals surface area contributed by atoms with E-state index in [0.29, 0.717) is 0 Å². The molecule has 0 aliphatic carbocycles. The van der Waals surface area contributed by atoms with Gasteiger partial charge in [0.2, 0.25) is 5.82 Å². The third-order valence-electron chi connectivity index (χ3n) is 1.38. The molecule has 0 aromatic carbocycles. The molecule has 5 nitrogen and oxygen atoms in total. The number of carbonyl (C=O) groups excluding carboxylic acids is 1. The Bertz CT molecular complexity index is 396. The number of aromatic amines is 1. The van der Waals surface area contributed by atoms with E-state index in [-0.39, 0.29) is 5.82 Å². The molecule has 2 heterocycles. The third kappa shape index (κ3) is 3.16. The lowest BCUT2D eigenvalue weighted by molar-refractivity contribution is 0.566. The molecule has 1 aliphatic heterocycles. The summed E-state index contributed by atoms with van der Waals surface area (Å²) in [6, 6.07) is 0. The van der Waals surface area contributed by atoms with E-state index < -0.39 is 0 Å². The Morgan fingerprint density at radius 3 is 2.43 bits per heavy atom. The molecule has 1 aromatic rings. The van der Waals surface area contributed by atoms with Crippen LogP contribution >= 0.6 is 0 Å². The van der Waals surface area contributed by atoms with E-state index in [2.05, 4.69) is 20.0 Å². The first-order valence-corrected chi connectivity index (χ1v) is 4.02. The van der Waals surface area contributed by atoms with Crippen molar-refractivity contribution in [2.45, 2.75) is 13.8 Å². The fraction of sp³-hybridized carbons (Fsp3) is 0.222. The molecule has 14 heavy (non-hydrogen) atoms. The Morgan fingerprint density at radius 1 is 1.43 bits per heavy atom. The molecule has 0 fully saturated rings. The summed E-state index contributed by atoms with van der Waals surface area (Å²) in [5, 5.41) is 0. The number of aromatic nitrogens is 2. The monoisotopic (exact) mass is 190 g/mol. The van der Waals surface area contributed by atoms with Crippen LogP contribution in [0.2, 0.25) is 0 Å². The lowest BCUT2D eigenvalue weighted by Crippen LogP contribution is -1.82. The summed E-state index contributed by atoms with van der Waals surface area (Å²) < 4.78 is 0. The number of imidazole rings is 1. The summed E-state index contributed by atoms with van der Waals surface area (Å²) in [7, 11) is 0. The summed E-state index contributed by atoms with van der Waals surface area (Å²) in [6.45, 7) is 3.74. The maximum atomic E-state index is 9.77. The van der Waals surface area contributed by atoms with Crippen LogP contribution in [0.15, 0.2) is 28.3 Å². The van der Waals surface area contributed by atoms with Crippen LogP contribution in [0.5, 0.6) is 0 Å². The van der Waals surface area contributed by atoms with Crippen molar-refractivity contribution in [3.05, 3.63) is 24.0 Å². The van der Waals surface area contributed by atoms with Crippen LogP contribution in [-0.2, 0) is 4.79 Å². The molecule has 0 radical (unpaired) electrons. The molecule has 0 amide bonds. The van der Waals surface area contributed by atoms with Gasteiger partial charge in [0.25, 0.3) is 0 Å². The largest absolute Gasteiger partial charge is 0.349 e. The van der Waals surface area contributed by atoms with Gasteiger partial charge in [0, 0.05) is 11.9 Å². The second kappa shape index (κ2) is 4.89. The summed E-state index contributed by atoms with van der Waals surface area (Å²) in [6.07, 6.45) is 4.97. The molecule has 0 atom stereocenters. The Hall–Kier alpha value is -2.00. The van der Waals surface area contributed by atoms with Crippen LogP contribution in [0.4, 0.5) is 0 Å². The first kappa shape index (κ1) is 10.1. The summed E-state index contributed by atoms with van der Waals surface area (Å²) >= 11 is 0. The lowest BCUT2D eigenvalue weighted by atomic mass is 10.5. The standard InChI is InChI=1S/C5H4N2O.C4H6N2/c1-4-2-6-5(3-8)7-4;1-4-2-5-3-6-4/h2H,1H3;2-3H,1H3,(H,5,6). The molecule has 72 valence electrons. The van der Waals surface area contributed by atoms with Crippen LogP contribution in [0.3, 0.4) is 0 Å². The van der Waals surface area contributed by atoms with Crippen LogP contribution < -0.4 is 0 Å². The van der Waals surface area contributed by atoms with Crippen molar-refractivity contribution >= 4 is 17.9 Å². The highest BCUT2D eigenvalue weighted by Crippen LogP contribution is 1.98. The highest BCUT2D eigenvalue weighted by molar-refractivity contribution is 6.31. The molecule has 0 spiro atoms. The van der Waals surface area contributed by atoms with E-state index in [9.17, 15) is 4.79 Å². The molecule has 0 unspecified atom stereocenters. The van der Waals surface area contributed by atoms with Gasteiger partial charge >= 0.3 is 0 Å². The van der Waals surface area contributed by atoms with Crippen molar-refractivity contribution < 1.29 is 4.79 Å². The predicted molar refractivity (Wildman–Crippen MR) is 54.1 cm³/mol. The van der Waals surface area contributed by atoms with E-state index in [1.807, 2.05) is 6.92 Å². The highest BCUT2D eigenvalue weighted by atomic mass is 16.1. The van der Waals surface area contributed by atoms with Crippen molar-refractivity contribution in [2.75, 3.05) is 0 Å². The van der Waals surface area contributed by atoms with Gasteiger partial charge in [-0.15, -0.1) is 0 Å². The number of aryl methyl sites for hydroxylation is 1. The van der Waals surface area contributed by atoms with E-state index in [4.69, 9.17) is 0 Å². The molecule has 0 bridgehead atoms. The third-order valence-corrected chi connectivity index (χ3v) is 1.38. The first-order valence-electron chi connectivity index (χ1n) is 4.02. The van der Waals surface area contributed by atoms with E-state index in [0.717, 1.165) is 11.4 Å². The summed E-state index contributed by atoms with van der Waals surface area (Å²) in [5.41, 5.74) is 1.86. The molecule has 2 rings (SSSR count). The van der Waals surface area contributed by atoms with Crippen molar-refractivity contribution in [3.8, 4) is 0 Å². The smallest absolute Gasteiger partial charge is 0.239 e. The van der Waals surface area contributed by atoms with Crippen LogP contribution in [0, 0.1) is 6.92 Å². The van der Waals surface area contributed by atoms with E-state index >= 15 is 0 Å². The SMILES string of the molecule is CC1=NC(=C=O)N=C1.Cc1cnc[nH]1. The fourth-order valence-corrected chi connectivity index (χ4v) is 0.754. The topological polar surface area (TPSA) is 70.5 Å². The van der Waals surface area contributed by atoms with Crippen molar-refractivity contribution in [1.29, 1.82) is 0 Å². The molecule has 0 saturated heterocycles. The van der Waals surface area contributed by atoms with E-state index in [1.54, 1.807) is 25.4 Å². The fourth-order valence-electron chi connectivity index (χ4n) is 0.754. The second-order valence-electron chi connectivity index (χ2n) is 2.67. The maximum Gasteiger partial charge on any atom is 0.239 e. The van der Waals surface area contributed by atoms with Crippen molar-refractivity contribution in [2.24, 2.45) is 9.98 Å². The van der Waals surface area contributed by atoms with Gasteiger partial charge in [0.1, 0.15) is 0 Å². The van der Waals surface area contributed by atoms with Crippen LogP contribution in [0.1, 0.15) is 12.6 Å². The van der Waals surface area contributed by atoms with Gasteiger partial charge in [-0.2, -0.15) is 0 Å². The number of hydrogen-bond donors (Lipinski definition) is 1. The minimum absolute atomic E-state index is 0.141. The minimum atomic E-state index is 0.141. The average molecular weight is 190 g/mol. The molecular weight excluding hydrogens is 180 g/mol. The van der Waals surface area contributed by atoms with Gasteiger partial charge in [0.05, 0.1) is 18.3 Å². The van der Waals surface area contributed by atoms with Gasteiger partial charge in [-0.1, -0.05) is 0 Å². The Balaban J connectivity index is 0.000000146. The minimum Gasteiger partial charge on any atom is -0.349 e. The van der Waals surface area contributed by atoms with Crippen LogP contribution in [0.25, 0.3) is 0 Å². The Kier molecular flexibility index (Phi) is 3.52. The Labute approximate surface area is 81.3 Å². The Morgan fingerprint density at radius 2 is 2.21 bits per heavy atom. The number of hydrogen-bond acceptors (Lipinski definition) is 4. The van der Waals surface area contributed by atoms with Gasteiger partial charge in [-0.05, 0) is 13.8 Å². The number of aliphatic imine (C=N–C) groups is 2. The zero-order chi connectivity index (χ0) is 10.4. The highest BCUT2D eigenvalue weighted by Gasteiger charge is 1.98. The van der Waals surface area contributed by atoms with Crippen molar-refractivity contribution in [1.82, 2.24) is 9.97 Å². The lowest BCUT2D eigenvalue weighted by Gasteiger charge is -1.71. The molecule has 1 aromatic heterocycles. The molecule has 1 N–H and O–H groups in total. The average Bonchev–Trinajstić information content (AvgIpc) is 2.77. The summed E-state index contributed by atoms with van der Waals surface area (Å²) in [5.74, 6) is 1.72. The van der Waals surface area contributed by atoms with Gasteiger partial charge < -0.3 is 4.98 Å². The second-order valence-corrected chi connectivity index (χ2v) is 2.67. The predicted octanol–water partition coefficient (Wildman–Crippen LogP) is 0.923. The number of rotatable bonds is 0. The molecule has 1 aliphatic rings. The molecular formula is C9H10N4O. The zero-order valence-corrected chi connectivity index (χ0v) is 7.98. The first-order chi connectivity index (χ1) is 6.72. The zero-order valence-electron chi connectivity index (χ0n) is 7.98. The molecule has 5 heteroatoms. The molecule has 0 saturated carbocycles. The maximum absolute atomic E-state index is 9.77. The number of nitrogens with zero attached hydrogens (tertiary/aromatic N) is 3. The normalized spacial score (nSPS) is 13.0. The van der Waals surface area contributed by atoms with E-state index in [1.165, 1.54) is 6.21 Å². The van der Waals surface area contributed by atoms with Gasteiger partial charge in [-0.25, -0.2) is 19.8 Å². The summed E-state index contributed by atoms with van der Waals surface area (Å²) in [4.78, 5) is 23.7. The quantitative estimate of drug-likeness (QED) is 0.618. The van der Waals surface area contributed by atoms with Gasteiger partial charge in [-0.3, -0.25) is 0 Å². The number of H-pyrrole nitrogens is 1. The van der Waals surface area contributed by atoms with Crippen molar-refractivity contribution in [3.63, 3.8) is 0 Å².